The number of nitro benzene ring substituents is 1. The Balaban J connectivity index is 2.08. The molecule has 3 N–H and O–H groups in total. The second-order valence-electron chi connectivity index (χ2n) is 5.57. The summed E-state index contributed by atoms with van der Waals surface area (Å²) in [6.45, 7) is 2.86. The fourth-order valence-electron chi connectivity index (χ4n) is 2.15. The number of hydrogen-bond donors (Lipinski definition) is 2. The molecule has 0 aliphatic rings. The number of esters is 1. The zero-order valence-electron chi connectivity index (χ0n) is 14.0. The Morgan fingerprint density at radius 1 is 1.23 bits per heavy atom. The van der Waals surface area contributed by atoms with E-state index in [1.54, 1.807) is 13.8 Å². The predicted molar refractivity (Wildman–Crippen MR) is 97.3 cm³/mol. The molecular formula is C17H16ClN3O5. The molecule has 0 fully saturated rings. The van der Waals surface area contributed by atoms with Crippen molar-refractivity contribution in [3.05, 3.63) is 62.2 Å². The highest BCUT2D eigenvalue weighted by Crippen LogP contribution is 2.28. The van der Waals surface area contributed by atoms with Crippen molar-refractivity contribution in [1.82, 2.24) is 0 Å². The number of nitrogens with two attached hydrogens (primary N) is 1. The molecule has 0 atom stereocenters. The van der Waals surface area contributed by atoms with Crippen molar-refractivity contribution in [1.29, 1.82) is 0 Å². The molecule has 2 aromatic rings. The first-order chi connectivity index (χ1) is 12.2. The Kier molecular flexibility index (Phi) is 5.78. The zero-order chi connectivity index (χ0) is 19.4. The molecule has 2 aromatic carbocycles. The summed E-state index contributed by atoms with van der Waals surface area (Å²) in [5.74, 6) is -1.54. The van der Waals surface area contributed by atoms with E-state index >= 15 is 0 Å². The summed E-state index contributed by atoms with van der Waals surface area (Å²) in [7, 11) is 0. The number of aryl methyl sites for hydroxylation is 2. The Bertz CT molecular complexity index is 898. The van der Waals surface area contributed by atoms with Gasteiger partial charge in [0.1, 0.15) is 5.69 Å². The van der Waals surface area contributed by atoms with Crippen molar-refractivity contribution in [2.75, 3.05) is 17.7 Å². The number of halogens is 1. The number of anilines is 2. The van der Waals surface area contributed by atoms with Gasteiger partial charge >= 0.3 is 5.97 Å². The molecule has 2 rings (SSSR count). The highest BCUT2D eigenvalue weighted by Gasteiger charge is 2.19. The van der Waals surface area contributed by atoms with Crippen LogP contribution in [0.1, 0.15) is 21.5 Å². The number of amides is 1. The van der Waals surface area contributed by atoms with E-state index in [9.17, 15) is 19.7 Å². The quantitative estimate of drug-likeness (QED) is 0.356. The lowest BCUT2D eigenvalue weighted by molar-refractivity contribution is -0.384. The van der Waals surface area contributed by atoms with E-state index in [0.717, 1.165) is 11.1 Å². The zero-order valence-corrected chi connectivity index (χ0v) is 14.8. The molecule has 1 amide bonds. The summed E-state index contributed by atoms with van der Waals surface area (Å²) in [6, 6.07) is 7.13. The molecule has 26 heavy (non-hydrogen) atoms. The molecular weight excluding hydrogens is 362 g/mol. The standard InChI is InChI=1S/C17H16ClN3O5/c1-9-5-14(15(21(24)25)6-10(9)2)20-16(22)8-26-17(23)12-7-11(18)3-4-13(12)19/h3-7H,8,19H2,1-2H3,(H,20,22). The Morgan fingerprint density at radius 2 is 1.88 bits per heavy atom. The lowest BCUT2D eigenvalue weighted by Gasteiger charge is -2.10. The molecule has 8 nitrogen and oxygen atoms in total. The molecule has 0 spiro atoms. The largest absolute Gasteiger partial charge is 0.452 e. The molecule has 0 radical (unpaired) electrons. The molecule has 0 aromatic heterocycles. The second kappa shape index (κ2) is 7.83. The molecule has 9 heteroatoms. The van der Waals surface area contributed by atoms with Crippen LogP contribution < -0.4 is 11.1 Å². The molecule has 0 unspecified atom stereocenters. The SMILES string of the molecule is Cc1cc(NC(=O)COC(=O)c2cc(Cl)ccc2N)c([N+](=O)[O-])cc1C. The van der Waals surface area contributed by atoms with Gasteiger partial charge in [-0.05, 0) is 49.2 Å². The van der Waals surface area contributed by atoms with E-state index < -0.39 is 23.4 Å². The molecule has 0 heterocycles. The van der Waals surface area contributed by atoms with E-state index in [-0.39, 0.29) is 22.6 Å². The summed E-state index contributed by atoms with van der Waals surface area (Å²) >= 11 is 5.80. The molecule has 0 bridgehead atoms. The van der Waals surface area contributed by atoms with Crippen LogP contribution in [0.4, 0.5) is 17.1 Å². The van der Waals surface area contributed by atoms with Gasteiger partial charge in [0.2, 0.25) is 0 Å². The van der Waals surface area contributed by atoms with Crippen LogP contribution >= 0.6 is 11.6 Å². The van der Waals surface area contributed by atoms with Gasteiger partial charge in [-0.1, -0.05) is 11.6 Å². The van der Waals surface area contributed by atoms with Crippen LogP contribution in [0.25, 0.3) is 0 Å². The van der Waals surface area contributed by atoms with Crippen LogP contribution in [-0.4, -0.2) is 23.4 Å². The Labute approximate surface area is 154 Å². The van der Waals surface area contributed by atoms with E-state index in [1.807, 2.05) is 0 Å². The van der Waals surface area contributed by atoms with E-state index in [2.05, 4.69) is 5.32 Å². The molecule has 0 saturated heterocycles. The lowest BCUT2D eigenvalue weighted by Crippen LogP contribution is -2.22. The van der Waals surface area contributed by atoms with Gasteiger partial charge in [0.25, 0.3) is 11.6 Å². The third-order valence-electron chi connectivity index (χ3n) is 3.65. The van der Waals surface area contributed by atoms with Gasteiger partial charge in [-0.3, -0.25) is 14.9 Å². The Morgan fingerprint density at radius 3 is 2.54 bits per heavy atom. The van der Waals surface area contributed by atoms with Crippen molar-refractivity contribution >= 4 is 40.5 Å². The monoisotopic (exact) mass is 377 g/mol. The van der Waals surface area contributed by atoms with Crippen molar-refractivity contribution in [2.24, 2.45) is 0 Å². The second-order valence-corrected chi connectivity index (χ2v) is 6.00. The van der Waals surface area contributed by atoms with Gasteiger partial charge in [-0.15, -0.1) is 0 Å². The highest BCUT2D eigenvalue weighted by atomic mass is 35.5. The van der Waals surface area contributed by atoms with Crippen LogP contribution in [0.3, 0.4) is 0 Å². The number of benzene rings is 2. The highest BCUT2D eigenvalue weighted by molar-refractivity contribution is 6.31. The maximum atomic E-state index is 12.0. The van der Waals surface area contributed by atoms with Crippen LogP contribution in [0, 0.1) is 24.0 Å². The number of nitrogens with zero attached hydrogens (tertiary/aromatic N) is 1. The summed E-state index contributed by atoms with van der Waals surface area (Å²) < 4.78 is 4.89. The van der Waals surface area contributed by atoms with Crippen molar-refractivity contribution in [2.45, 2.75) is 13.8 Å². The minimum absolute atomic E-state index is 0.0291. The Hall–Kier alpha value is -3.13. The van der Waals surface area contributed by atoms with Gasteiger partial charge in [-0.25, -0.2) is 4.79 Å². The maximum Gasteiger partial charge on any atom is 0.340 e. The van der Waals surface area contributed by atoms with Gasteiger partial charge < -0.3 is 15.8 Å². The number of hydrogen-bond acceptors (Lipinski definition) is 6. The molecule has 136 valence electrons. The topological polar surface area (TPSA) is 125 Å². The van der Waals surface area contributed by atoms with Crippen LogP contribution in [0.2, 0.25) is 5.02 Å². The number of nitro groups is 1. The maximum absolute atomic E-state index is 12.0. The van der Waals surface area contributed by atoms with Gasteiger partial charge in [0.15, 0.2) is 6.61 Å². The first-order valence-electron chi connectivity index (χ1n) is 7.46. The average molecular weight is 378 g/mol. The van der Waals surface area contributed by atoms with Crippen molar-refractivity contribution in [3.63, 3.8) is 0 Å². The van der Waals surface area contributed by atoms with Crippen molar-refractivity contribution in [3.8, 4) is 0 Å². The molecule has 0 aliphatic heterocycles. The lowest BCUT2D eigenvalue weighted by atomic mass is 10.1. The number of rotatable bonds is 5. The fourth-order valence-corrected chi connectivity index (χ4v) is 2.32. The van der Waals surface area contributed by atoms with E-state index in [4.69, 9.17) is 22.1 Å². The smallest absolute Gasteiger partial charge is 0.340 e. The summed E-state index contributed by atoms with van der Waals surface area (Å²) in [6.07, 6.45) is 0. The summed E-state index contributed by atoms with van der Waals surface area (Å²) in [5.41, 5.74) is 7.13. The number of carbonyl (C=O) groups is 2. The van der Waals surface area contributed by atoms with Crippen LogP contribution in [-0.2, 0) is 9.53 Å². The van der Waals surface area contributed by atoms with E-state index in [0.29, 0.717) is 5.02 Å². The summed E-state index contributed by atoms with van der Waals surface area (Å²) in [5, 5.41) is 13.8. The third kappa shape index (κ3) is 4.48. The van der Waals surface area contributed by atoms with Gasteiger partial charge in [0.05, 0.1) is 10.5 Å². The average Bonchev–Trinajstić information content (AvgIpc) is 2.57. The number of nitrogens with one attached hydrogen (secondary N) is 1. The van der Waals surface area contributed by atoms with Gasteiger partial charge in [-0.2, -0.15) is 0 Å². The van der Waals surface area contributed by atoms with E-state index in [1.165, 1.54) is 30.3 Å². The van der Waals surface area contributed by atoms with Crippen molar-refractivity contribution < 1.29 is 19.2 Å². The predicted octanol–water partition coefficient (Wildman–Crippen LogP) is 3.24. The van der Waals surface area contributed by atoms with Crippen LogP contribution in [0.15, 0.2) is 30.3 Å². The minimum atomic E-state index is -0.824. The summed E-state index contributed by atoms with van der Waals surface area (Å²) in [4.78, 5) is 34.5. The number of carbonyl (C=O) groups excluding carboxylic acids is 2. The minimum Gasteiger partial charge on any atom is -0.452 e. The molecule has 0 saturated carbocycles. The number of nitrogen functional groups attached to an aromatic ring is 1. The fraction of sp³-hybridized carbons (Fsp3) is 0.176. The third-order valence-corrected chi connectivity index (χ3v) is 3.89. The van der Waals surface area contributed by atoms with Gasteiger partial charge in [0, 0.05) is 16.8 Å². The first kappa shape index (κ1) is 19.2. The normalized spacial score (nSPS) is 10.3. The van der Waals surface area contributed by atoms with Crippen LogP contribution in [0.5, 0.6) is 0 Å². The number of ether oxygens (including phenoxy) is 1. The first-order valence-corrected chi connectivity index (χ1v) is 7.84. The molecule has 0 aliphatic carbocycles.